The zero-order chi connectivity index (χ0) is 17.5. The summed E-state index contributed by atoms with van der Waals surface area (Å²) in [5.74, 6) is 1.05. The Morgan fingerprint density at radius 2 is 1.75 bits per heavy atom. The van der Waals surface area contributed by atoms with E-state index >= 15 is 0 Å². The molecule has 0 radical (unpaired) electrons. The van der Waals surface area contributed by atoms with Gasteiger partial charge in [0.25, 0.3) is 0 Å². The maximum Gasteiger partial charge on any atom is 0.230 e. The Balaban J connectivity index is 2.07. The fourth-order valence-electron chi connectivity index (χ4n) is 2.82. The molecular weight excluding hydrogens is 300 g/mol. The van der Waals surface area contributed by atoms with Crippen LogP contribution in [0, 0.1) is 5.92 Å². The number of nitrogens with zero attached hydrogens (tertiary/aromatic N) is 2. The van der Waals surface area contributed by atoms with Crippen molar-refractivity contribution < 1.29 is 9.53 Å². The minimum atomic E-state index is -0.140. The molecule has 4 nitrogen and oxygen atoms in total. The van der Waals surface area contributed by atoms with Gasteiger partial charge in [0.05, 0.1) is 13.0 Å². The number of ether oxygens (including phenoxy) is 1. The molecule has 2 rings (SSSR count). The summed E-state index contributed by atoms with van der Waals surface area (Å²) >= 11 is 0. The summed E-state index contributed by atoms with van der Waals surface area (Å²) in [5, 5.41) is 0. The van der Waals surface area contributed by atoms with Gasteiger partial charge in [-0.2, -0.15) is 0 Å². The molecule has 1 aromatic carbocycles. The lowest BCUT2D eigenvalue weighted by atomic mass is 9.87. The third kappa shape index (κ3) is 4.57. The maximum atomic E-state index is 12.9. The number of hydrogen-bond acceptors (Lipinski definition) is 3. The highest BCUT2D eigenvalue weighted by Crippen LogP contribution is 2.28. The largest absolute Gasteiger partial charge is 0.497 e. The molecule has 0 saturated heterocycles. The van der Waals surface area contributed by atoms with Crippen LogP contribution >= 0.6 is 0 Å². The Hall–Kier alpha value is -2.36. The fourth-order valence-corrected chi connectivity index (χ4v) is 2.82. The van der Waals surface area contributed by atoms with E-state index in [9.17, 15) is 4.79 Å². The molecule has 1 amide bonds. The van der Waals surface area contributed by atoms with Crippen molar-refractivity contribution in [1.29, 1.82) is 0 Å². The summed E-state index contributed by atoms with van der Waals surface area (Å²) in [6.45, 7) is 4.87. The van der Waals surface area contributed by atoms with Crippen molar-refractivity contribution in [3.63, 3.8) is 0 Å². The van der Waals surface area contributed by atoms with Crippen LogP contribution in [-0.4, -0.2) is 36.5 Å². The predicted molar refractivity (Wildman–Crippen MR) is 96.2 cm³/mol. The molecule has 4 heteroatoms. The maximum absolute atomic E-state index is 12.9. The van der Waals surface area contributed by atoms with Crippen LogP contribution in [0.5, 0.6) is 5.75 Å². The summed E-state index contributed by atoms with van der Waals surface area (Å²) in [6.07, 6.45) is 4.40. The highest BCUT2D eigenvalue weighted by molar-refractivity contribution is 5.83. The first kappa shape index (κ1) is 18.0. The molecule has 0 fully saturated rings. The number of aromatic nitrogens is 1. The van der Waals surface area contributed by atoms with Crippen molar-refractivity contribution in [2.75, 3.05) is 20.7 Å². The summed E-state index contributed by atoms with van der Waals surface area (Å²) in [5.41, 5.74) is 2.22. The SMILES string of the molecule is COc1ccc(C(C(=O)N(C)CCc2ccncc2)C(C)C)cc1. The van der Waals surface area contributed by atoms with E-state index in [1.54, 1.807) is 19.5 Å². The van der Waals surface area contributed by atoms with Gasteiger partial charge in [-0.05, 0) is 47.7 Å². The molecule has 0 spiro atoms. The molecule has 1 aromatic heterocycles. The molecule has 0 N–H and O–H groups in total. The van der Waals surface area contributed by atoms with Gasteiger partial charge in [-0.1, -0.05) is 26.0 Å². The number of likely N-dealkylation sites (N-methyl/N-ethyl adjacent to an activating group) is 1. The van der Waals surface area contributed by atoms with E-state index in [0.29, 0.717) is 6.54 Å². The topological polar surface area (TPSA) is 42.4 Å². The number of benzene rings is 1. The number of methoxy groups -OCH3 is 1. The first-order valence-corrected chi connectivity index (χ1v) is 8.30. The summed E-state index contributed by atoms with van der Waals surface area (Å²) < 4.78 is 5.20. The molecule has 0 saturated carbocycles. The molecule has 0 aliphatic rings. The van der Waals surface area contributed by atoms with Gasteiger partial charge in [0, 0.05) is 26.0 Å². The van der Waals surface area contributed by atoms with E-state index in [-0.39, 0.29) is 17.7 Å². The number of rotatable bonds is 7. The normalized spacial score (nSPS) is 12.0. The third-order valence-electron chi connectivity index (χ3n) is 4.27. The summed E-state index contributed by atoms with van der Waals surface area (Å²) in [4.78, 5) is 18.8. The molecule has 0 bridgehead atoms. The van der Waals surface area contributed by atoms with Gasteiger partial charge in [-0.25, -0.2) is 0 Å². The lowest BCUT2D eigenvalue weighted by Crippen LogP contribution is -2.35. The standard InChI is InChI=1S/C20H26N2O2/c1-15(2)19(17-5-7-18(24-4)8-6-17)20(23)22(3)14-11-16-9-12-21-13-10-16/h5-10,12-13,15,19H,11,14H2,1-4H3. The van der Waals surface area contributed by atoms with Gasteiger partial charge in [0.15, 0.2) is 0 Å². The van der Waals surface area contributed by atoms with E-state index in [2.05, 4.69) is 18.8 Å². The van der Waals surface area contributed by atoms with Crippen molar-refractivity contribution in [2.45, 2.75) is 26.2 Å². The fraction of sp³-hybridized carbons (Fsp3) is 0.400. The summed E-state index contributed by atoms with van der Waals surface area (Å²) in [6, 6.07) is 11.8. The Bertz CT molecular complexity index is 638. The smallest absolute Gasteiger partial charge is 0.230 e. The molecule has 1 atom stereocenters. The van der Waals surface area contributed by atoms with Crippen LogP contribution in [0.15, 0.2) is 48.8 Å². The van der Waals surface area contributed by atoms with Crippen molar-refractivity contribution in [2.24, 2.45) is 5.92 Å². The average molecular weight is 326 g/mol. The molecule has 128 valence electrons. The highest BCUT2D eigenvalue weighted by Gasteiger charge is 2.26. The molecule has 0 aliphatic heterocycles. The van der Waals surface area contributed by atoms with E-state index in [0.717, 1.165) is 17.7 Å². The first-order chi connectivity index (χ1) is 11.5. The predicted octanol–water partition coefficient (Wildman–Crippen LogP) is 3.53. The van der Waals surface area contributed by atoms with Gasteiger partial charge in [-0.15, -0.1) is 0 Å². The van der Waals surface area contributed by atoms with Gasteiger partial charge < -0.3 is 9.64 Å². The number of pyridine rings is 1. The molecule has 0 aliphatic carbocycles. The summed E-state index contributed by atoms with van der Waals surface area (Å²) in [7, 11) is 3.52. The average Bonchev–Trinajstić information content (AvgIpc) is 2.61. The van der Waals surface area contributed by atoms with Crippen LogP contribution < -0.4 is 4.74 Å². The van der Waals surface area contributed by atoms with Crippen LogP contribution in [0.2, 0.25) is 0 Å². The number of carbonyl (C=O) groups is 1. The Morgan fingerprint density at radius 3 is 2.29 bits per heavy atom. The van der Waals surface area contributed by atoms with Crippen molar-refractivity contribution in [1.82, 2.24) is 9.88 Å². The molecule has 24 heavy (non-hydrogen) atoms. The Kier molecular flexibility index (Phi) is 6.36. The van der Waals surface area contributed by atoms with Crippen LogP contribution in [0.1, 0.15) is 30.9 Å². The van der Waals surface area contributed by atoms with E-state index in [1.165, 1.54) is 5.56 Å². The van der Waals surface area contributed by atoms with Gasteiger partial charge in [0.1, 0.15) is 5.75 Å². The zero-order valence-corrected chi connectivity index (χ0v) is 14.9. The molecule has 2 aromatic rings. The van der Waals surface area contributed by atoms with Crippen LogP contribution in [0.25, 0.3) is 0 Å². The van der Waals surface area contributed by atoms with Crippen molar-refractivity contribution in [3.05, 3.63) is 59.9 Å². The van der Waals surface area contributed by atoms with E-state index < -0.39 is 0 Å². The highest BCUT2D eigenvalue weighted by atomic mass is 16.5. The second-order valence-corrected chi connectivity index (χ2v) is 6.36. The van der Waals surface area contributed by atoms with Crippen LogP contribution in [0.3, 0.4) is 0 Å². The second-order valence-electron chi connectivity index (χ2n) is 6.36. The minimum Gasteiger partial charge on any atom is -0.497 e. The Morgan fingerprint density at radius 1 is 1.12 bits per heavy atom. The number of hydrogen-bond donors (Lipinski definition) is 0. The minimum absolute atomic E-state index is 0.140. The quantitative estimate of drug-likeness (QED) is 0.782. The first-order valence-electron chi connectivity index (χ1n) is 8.30. The number of amides is 1. The Labute approximate surface area is 144 Å². The van der Waals surface area contributed by atoms with E-state index in [4.69, 9.17) is 4.74 Å². The number of carbonyl (C=O) groups excluding carboxylic acids is 1. The second kappa shape index (κ2) is 8.48. The van der Waals surface area contributed by atoms with Crippen molar-refractivity contribution >= 4 is 5.91 Å². The lowest BCUT2D eigenvalue weighted by Gasteiger charge is -2.27. The molecule has 1 unspecified atom stereocenters. The lowest BCUT2D eigenvalue weighted by molar-refractivity contribution is -0.132. The van der Waals surface area contributed by atoms with Gasteiger partial charge in [-0.3, -0.25) is 9.78 Å². The zero-order valence-electron chi connectivity index (χ0n) is 14.9. The monoisotopic (exact) mass is 326 g/mol. The van der Waals surface area contributed by atoms with Gasteiger partial charge >= 0.3 is 0 Å². The van der Waals surface area contributed by atoms with Crippen LogP contribution in [-0.2, 0) is 11.2 Å². The van der Waals surface area contributed by atoms with Crippen molar-refractivity contribution in [3.8, 4) is 5.75 Å². The molecular formula is C20H26N2O2. The van der Waals surface area contributed by atoms with Gasteiger partial charge in [0.2, 0.25) is 5.91 Å². The van der Waals surface area contributed by atoms with Crippen LogP contribution in [0.4, 0.5) is 0 Å². The third-order valence-corrected chi connectivity index (χ3v) is 4.27. The van der Waals surface area contributed by atoms with E-state index in [1.807, 2.05) is 48.3 Å². The molecule has 1 heterocycles.